The fourth-order valence-corrected chi connectivity index (χ4v) is 5.00. The summed E-state index contributed by atoms with van der Waals surface area (Å²) in [6.45, 7) is 5.10. The van der Waals surface area contributed by atoms with Crippen molar-refractivity contribution in [1.82, 2.24) is 10.4 Å². The van der Waals surface area contributed by atoms with E-state index in [1.54, 1.807) is 6.07 Å². The Labute approximate surface area is 204 Å². The van der Waals surface area contributed by atoms with Gasteiger partial charge in [0.1, 0.15) is 12.4 Å². The van der Waals surface area contributed by atoms with Crippen molar-refractivity contribution in [2.45, 2.75) is 32.9 Å². The minimum Gasteiger partial charge on any atom is -0.366 e. The van der Waals surface area contributed by atoms with E-state index in [0.29, 0.717) is 18.8 Å². The second-order valence-electron chi connectivity index (χ2n) is 9.31. The van der Waals surface area contributed by atoms with Crippen molar-refractivity contribution < 1.29 is 14.0 Å². The van der Waals surface area contributed by atoms with E-state index in [2.05, 4.69) is 34.7 Å². The van der Waals surface area contributed by atoms with Crippen molar-refractivity contribution in [3.8, 4) is 0 Å². The molecule has 0 spiro atoms. The van der Waals surface area contributed by atoms with Gasteiger partial charge in [-0.1, -0.05) is 48.9 Å². The Morgan fingerprint density at radius 2 is 1.89 bits per heavy atom. The molecule has 1 fully saturated rings. The highest BCUT2D eigenvalue weighted by molar-refractivity contribution is 5.95. The molecule has 6 nitrogen and oxygen atoms in total. The van der Waals surface area contributed by atoms with E-state index in [4.69, 9.17) is 0 Å². The number of hydrazine groups is 1. The average Bonchev–Trinajstić information content (AvgIpc) is 3.14. The van der Waals surface area contributed by atoms with Crippen LogP contribution in [0.5, 0.6) is 0 Å². The van der Waals surface area contributed by atoms with Gasteiger partial charge in [0.2, 0.25) is 11.8 Å². The van der Waals surface area contributed by atoms with Crippen LogP contribution in [0.3, 0.4) is 0 Å². The zero-order chi connectivity index (χ0) is 24.5. The molecule has 0 radical (unpaired) electrons. The van der Waals surface area contributed by atoms with Crippen LogP contribution in [-0.4, -0.2) is 29.9 Å². The zero-order valence-corrected chi connectivity index (χ0v) is 19.9. The van der Waals surface area contributed by atoms with Crippen molar-refractivity contribution in [2.24, 2.45) is 5.92 Å². The molecule has 5 rings (SSSR count). The predicted octanol–water partition coefficient (Wildman–Crippen LogP) is 4.36. The SMILES string of the molecule is CCc1ccc(NC(=O)CN2NC3c4cc(F)ccc4N(Cc4cccc(C)c4)CC3C2=O)cc1. The van der Waals surface area contributed by atoms with Crippen LogP contribution in [0.15, 0.2) is 66.7 Å². The van der Waals surface area contributed by atoms with Crippen molar-refractivity contribution in [1.29, 1.82) is 0 Å². The van der Waals surface area contributed by atoms with Gasteiger partial charge in [0.25, 0.3) is 0 Å². The van der Waals surface area contributed by atoms with E-state index in [9.17, 15) is 14.0 Å². The first-order valence-corrected chi connectivity index (χ1v) is 12.0. The summed E-state index contributed by atoms with van der Waals surface area (Å²) in [5, 5.41) is 4.22. The molecular formula is C28H29FN4O2. The Hall–Kier alpha value is -3.71. The summed E-state index contributed by atoms with van der Waals surface area (Å²) in [6, 6.07) is 20.2. The van der Waals surface area contributed by atoms with Crippen LogP contribution in [0.4, 0.5) is 15.8 Å². The van der Waals surface area contributed by atoms with Gasteiger partial charge in [-0.15, -0.1) is 0 Å². The molecule has 3 aromatic rings. The number of nitrogens with zero attached hydrogens (tertiary/aromatic N) is 2. The third kappa shape index (κ3) is 4.77. The number of anilines is 2. The summed E-state index contributed by atoms with van der Waals surface area (Å²) in [6.07, 6.45) is 0.923. The molecule has 2 unspecified atom stereocenters. The summed E-state index contributed by atoms with van der Waals surface area (Å²) in [5.41, 5.74) is 8.98. The molecule has 35 heavy (non-hydrogen) atoms. The molecular weight excluding hydrogens is 443 g/mol. The molecule has 2 aliphatic heterocycles. The molecule has 2 atom stereocenters. The lowest BCUT2D eigenvalue weighted by Gasteiger charge is -2.36. The largest absolute Gasteiger partial charge is 0.366 e. The van der Waals surface area contributed by atoms with Gasteiger partial charge in [0.05, 0.1) is 12.0 Å². The van der Waals surface area contributed by atoms with E-state index in [-0.39, 0.29) is 30.2 Å². The number of amides is 2. The number of hydrogen-bond donors (Lipinski definition) is 2. The number of carbonyl (C=O) groups is 2. The second kappa shape index (κ2) is 9.50. The molecule has 2 heterocycles. The highest BCUT2D eigenvalue weighted by Crippen LogP contribution is 2.42. The Morgan fingerprint density at radius 1 is 1.09 bits per heavy atom. The number of benzene rings is 3. The van der Waals surface area contributed by atoms with Gasteiger partial charge in [-0.05, 0) is 60.4 Å². The van der Waals surface area contributed by atoms with Gasteiger partial charge in [-0.3, -0.25) is 14.6 Å². The molecule has 180 valence electrons. The van der Waals surface area contributed by atoms with Crippen LogP contribution >= 0.6 is 0 Å². The van der Waals surface area contributed by atoms with Gasteiger partial charge in [-0.2, -0.15) is 0 Å². The van der Waals surface area contributed by atoms with Gasteiger partial charge in [-0.25, -0.2) is 9.82 Å². The Kier molecular flexibility index (Phi) is 6.26. The maximum Gasteiger partial charge on any atom is 0.245 e. The number of aryl methyl sites for hydroxylation is 2. The highest BCUT2D eigenvalue weighted by atomic mass is 19.1. The summed E-state index contributed by atoms with van der Waals surface area (Å²) in [7, 11) is 0. The molecule has 2 amide bonds. The van der Waals surface area contributed by atoms with Crippen LogP contribution < -0.4 is 15.6 Å². The predicted molar refractivity (Wildman–Crippen MR) is 134 cm³/mol. The monoisotopic (exact) mass is 472 g/mol. The van der Waals surface area contributed by atoms with Gasteiger partial charge in [0.15, 0.2) is 0 Å². The first-order chi connectivity index (χ1) is 16.9. The van der Waals surface area contributed by atoms with Gasteiger partial charge in [0, 0.05) is 24.5 Å². The molecule has 0 aliphatic carbocycles. The smallest absolute Gasteiger partial charge is 0.245 e. The molecule has 2 N–H and O–H groups in total. The lowest BCUT2D eigenvalue weighted by Crippen LogP contribution is -2.41. The summed E-state index contributed by atoms with van der Waals surface area (Å²) in [5.74, 6) is -1.20. The van der Waals surface area contributed by atoms with E-state index >= 15 is 0 Å². The lowest BCUT2D eigenvalue weighted by molar-refractivity contribution is -0.135. The molecule has 0 bridgehead atoms. The fraction of sp³-hybridized carbons (Fsp3) is 0.286. The highest BCUT2D eigenvalue weighted by Gasteiger charge is 2.46. The number of halogens is 1. The first-order valence-electron chi connectivity index (χ1n) is 12.0. The number of rotatable bonds is 6. The topological polar surface area (TPSA) is 64.7 Å². The minimum absolute atomic E-state index is 0.121. The first kappa shape index (κ1) is 23.1. The van der Waals surface area contributed by atoms with Crippen LogP contribution in [0.2, 0.25) is 0 Å². The van der Waals surface area contributed by atoms with Crippen molar-refractivity contribution in [2.75, 3.05) is 23.3 Å². The Balaban J connectivity index is 1.34. The third-order valence-corrected chi connectivity index (χ3v) is 6.77. The minimum atomic E-state index is -0.411. The summed E-state index contributed by atoms with van der Waals surface area (Å²) < 4.78 is 14.3. The number of nitrogens with one attached hydrogen (secondary N) is 2. The Morgan fingerprint density at radius 3 is 2.63 bits per heavy atom. The second-order valence-corrected chi connectivity index (χ2v) is 9.31. The van der Waals surface area contributed by atoms with Gasteiger partial charge < -0.3 is 10.2 Å². The van der Waals surface area contributed by atoms with Crippen LogP contribution in [0, 0.1) is 18.7 Å². The number of hydrogen-bond acceptors (Lipinski definition) is 4. The molecule has 0 aromatic heterocycles. The third-order valence-electron chi connectivity index (χ3n) is 6.77. The summed E-state index contributed by atoms with van der Waals surface area (Å²) in [4.78, 5) is 28.1. The van der Waals surface area contributed by atoms with Crippen LogP contribution in [0.25, 0.3) is 0 Å². The average molecular weight is 473 g/mol. The van der Waals surface area contributed by atoms with Gasteiger partial charge >= 0.3 is 0 Å². The van der Waals surface area contributed by atoms with E-state index in [1.807, 2.05) is 43.3 Å². The van der Waals surface area contributed by atoms with Crippen LogP contribution in [0.1, 0.15) is 35.2 Å². The fourth-order valence-electron chi connectivity index (χ4n) is 5.00. The van der Waals surface area contributed by atoms with Crippen LogP contribution in [-0.2, 0) is 22.6 Å². The molecule has 3 aromatic carbocycles. The van der Waals surface area contributed by atoms with Crippen molar-refractivity contribution in [3.05, 3.63) is 94.8 Å². The van der Waals surface area contributed by atoms with E-state index in [0.717, 1.165) is 28.8 Å². The molecule has 1 saturated heterocycles. The van der Waals surface area contributed by atoms with E-state index in [1.165, 1.54) is 22.7 Å². The molecule has 2 aliphatic rings. The van der Waals surface area contributed by atoms with E-state index < -0.39 is 5.92 Å². The van der Waals surface area contributed by atoms with Crippen molar-refractivity contribution in [3.63, 3.8) is 0 Å². The standard InChI is InChI=1S/C28H29FN4O2/c1-3-19-7-10-22(11-8-19)30-26(34)17-33-28(35)24-16-32(15-20-6-4-5-18(2)13-20)25-12-9-21(29)14-23(25)27(24)31-33/h4-14,24,27,31H,3,15-17H2,1-2H3,(H,30,34). The quantitative estimate of drug-likeness (QED) is 0.560. The molecule has 7 heteroatoms. The number of fused-ring (bicyclic) bond motifs is 3. The maximum absolute atomic E-state index is 14.3. The zero-order valence-electron chi connectivity index (χ0n) is 19.9. The number of carbonyl (C=O) groups excluding carboxylic acids is 2. The maximum atomic E-state index is 14.3. The lowest BCUT2D eigenvalue weighted by atomic mass is 9.87. The molecule has 0 saturated carbocycles. The van der Waals surface area contributed by atoms with Crippen molar-refractivity contribution >= 4 is 23.2 Å². The Bertz CT molecular complexity index is 1260. The summed E-state index contributed by atoms with van der Waals surface area (Å²) >= 11 is 0. The normalized spacial score (nSPS) is 18.9.